The molecule has 2 aromatic rings. The number of nitrogens with zero attached hydrogens (tertiary/aromatic N) is 3. The predicted octanol–water partition coefficient (Wildman–Crippen LogP) is 3.69. The van der Waals surface area contributed by atoms with Gasteiger partial charge in [-0.15, -0.1) is 0 Å². The van der Waals surface area contributed by atoms with Crippen LogP contribution in [-0.4, -0.2) is 42.0 Å². The molecule has 3 aliphatic rings. The Bertz CT molecular complexity index is 1170. The van der Waals surface area contributed by atoms with Gasteiger partial charge in [0.1, 0.15) is 5.41 Å². The summed E-state index contributed by atoms with van der Waals surface area (Å²) in [5.41, 5.74) is 2.92. The second-order valence-electron chi connectivity index (χ2n) is 7.61. The Morgan fingerprint density at radius 2 is 1.97 bits per heavy atom. The van der Waals surface area contributed by atoms with Gasteiger partial charge < -0.3 is 9.64 Å². The Hall–Kier alpha value is -3.68. The molecule has 8 heteroatoms. The monoisotopic (exact) mass is 405 g/mol. The molecule has 2 aliphatic heterocycles. The third kappa shape index (κ3) is 2.10. The van der Waals surface area contributed by atoms with Crippen LogP contribution in [0.1, 0.15) is 24.5 Å². The zero-order valence-corrected chi connectivity index (χ0v) is 16.5. The molecule has 0 fully saturated rings. The molecular formula is C22H19N3O5. The number of amides is 2. The SMILES string of the molecule is CCOC(=O)N1C=C2c3c(cccc3[N+](=O)[O-])-c3cccc4c3C2(CC1)C(=O)N4C. The number of nitro groups is 1. The van der Waals surface area contributed by atoms with E-state index >= 15 is 0 Å². The molecule has 8 nitrogen and oxygen atoms in total. The number of likely N-dealkylation sites (N-methyl/N-ethyl adjacent to an activating group) is 1. The van der Waals surface area contributed by atoms with Crippen LogP contribution in [0.2, 0.25) is 0 Å². The lowest BCUT2D eigenvalue weighted by atomic mass is 9.62. The molecule has 0 aromatic heterocycles. The average Bonchev–Trinajstić information content (AvgIpc) is 2.97. The molecule has 0 bridgehead atoms. The summed E-state index contributed by atoms with van der Waals surface area (Å²) < 4.78 is 5.14. The van der Waals surface area contributed by atoms with E-state index in [-0.39, 0.29) is 24.7 Å². The van der Waals surface area contributed by atoms with Crippen LogP contribution < -0.4 is 4.90 Å². The number of hydrogen-bond acceptors (Lipinski definition) is 5. The zero-order chi connectivity index (χ0) is 21.2. The van der Waals surface area contributed by atoms with Crippen molar-refractivity contribution >= 4 is 28.9 Å². The van der Waals surface area contributed by atoms with E-state index in [1.165, 1.54) is 11.0 Å². The number of anilines is 1. The van der Waals surface area contributed by atoms with Gasteiger partial charge in [0.2, 0.25) is 5.91 Å². The Balaban J connectivity index is 1.88. The lowest BCUT2D eigenvalue weighted by Gasteiger charge is -2.41. The van der Waals surface area contributed by atoms with E-state index in [1.807, 2.05) is 24.3 Å². The number of benzene rings is 2. The quantitative estimate of drug-likeness (QED) is 0.561. The summed E-state index contributed by atoms with van der Waals surface area (Å²) in [6.07, 6.45) is 1.37. The lowest BCUT2D eigenvalue weighted by Crippen LogP contribution is -2.47. The van der Waals surface area contributed by atoms with E-state index in [4.69, 9.17) is 4.74 Å². The maximum absolute atomic E-state index is 13.6. The highest BCUT2D eigenvalue weighted by atomic mass is 16.6. The third-order valence-corrected chi connectivity index (χ3v) is 6.27. The van der Waals surface area contributed by atoms with E-state index in [9.17, 15) is 19.7 Å². The molecule has 1 aliphatic carbocycles. The van der Waals surface area contributed by atoms with E-state index in [0.29, 0.717) is 23.1 Å². The molecule has 1 atom stereocenters. The van der Waals surface area contributed by atoms with Crippen LogP contribution in [-0.2, 0) is 14.9 Å². The van der Waals surface area contributed by atoms with Crippen LogP contribution in [0, 0.1) is 10.1 Å². The van der Waals surface area contributed by atoms with Gasteiger partial charge in [-0.2, -0.15) is 0 Å². The largest absolute Gasteiger partial charge is 0.449 e. The lowest BCUT2D eigenvalue weighted by molar-refractivity contribution is -0.385. The molecule has 30 heavy (non-hydrogen) atoms. The molecule has 1 unspecified atom stereocenters. The van der Waals surface area contributed by atoms with Crippen molar-refractivity contribution in [2.75, 3.05) is 25.1 Å². The van der Waals surface area contributed by atoms with Gasteiger partial charge in [-0.05, 0) is 30.5 Å². The Morgan fingerprint density at radius 1 is 1.23 bits per heavy atom. The number of ether oxygens (including phenoxy) is 1. The van der Waals surface area contributed by atoms with Crippen molar-refractivity contribution in [1.82, 2.24) is 4.90 Å². The van der Waals surface area contributed by atoms with Gasteiger partial charge in [0.15, 0.2) is 0 Å². The fourth-order valence-corrected chi connectivity index (χ4v) is 5.06. The Labute approximate surface area is 172 Å². The van der Waals surface area contributed by atoms with Crippen LogP contribution in [0.25, 0.3) is 16.7 Å². The van der Waals surface area contributed by atoms with Crippen molar-refractivity contribution in [2.45, 2.75) is 18.8 Å². The molecule has 5 rings (SSSR count). The normalized spacial score (nSPS) is 20.9. The van der Waals surface area contributed by atoms with E-state index in [2.05, 4.69) is 0 Å². The van der Waals surface area contributed by atoms with Gasteiger partial charge in [0, 0.05) is 42.7 Å². The Kier molecular flexibility index (Phi) is 3.77. The first-order chi connectivity index (χ1) is 14.4. The number of fused-ring (bicyclic) bond motifs is 3. The highest BCUT2D eigenvalue weighted by Crippen LogP contribution is 2.61. The summed E-state index contributed by atoms with van der Waals surface area (Å²) in [5.74, 6) is -0.136. The smallest absolute Gasteiger partial charge is 0.413 e. The molecule has 0 saturated carbocycles. The van der Waals surface area contributed by atoms with Crippen LogP contribution in [0.3, 0.4) is 0 Å². The first kappa shape index (κ1) is 18.4. The summed E-state index contributed by atoms with van der Waals surface area (Å²) in [5, 5.41) is 11.9. The highest BCUT2D eigenvalue weighted by molar-refractivity contribution is 6.21. The summed E-state index contributed by atoms with van der Waals surface area (Å²) >= 11 is 0. The van der Waals surface area contributed by atoms with Crippen LogP contribution in [0.15, 0.2) is 42.6 Å². The molecule has 2 aromatic carbocycles. The molecule has 0 radical (unpaired) electrons. The van der Waals surface area contributed by atoms with Crippen LogP contribution in [0.4, 0.5) is 16.2 Å². The second kappa shape index (κ2) is 6.16. The van der Waals surface area contributed by atoms with Crippen molar-refractivity contribution < 1.29 is 19.2 Å². The van der Waals surface area contributed by atoms with Gasteiger partial charge in [0.05, 0.1) is 17.1 Å². The number of hydrogen-bond donors (Lipinski definition) is 0. The summed E-state index contributed by atoms with van der Waals surface area (Å²) in [7, 11) is 1.72. The topological polar surface area (TPSA) is 93.0 Å². The van der Waals surface area contributed by atoms with Gasteiger partial charge in [-0.3, -0.25) is 19.8 Å². The van der Waals surface area contributed by atoms with Gasteiger partial charge in [-0.25, -0.2) is 4.79 Å². The number of nitro benzene ring substituents is 1. The van der Waals surface area contributed by atoms with Crippen LogP contribution in [0.5, 0.6) is 0 Å². The molecule has 0 saturated heterocycles. The van der Waals surface area contributed by atoms with Crippen molar-refractivity contribution in [3.8, 4) is 11.1 Å². The van der Waals surface area contributed by atoms with Crippen molar-refractivity contribution in [3.63, 3.8) is 0 Å². The molecule has 2 heterocycles. The zero-order valence-electron chi connectivity index (χ0n) is 16.5. The standard InChI is InChI=1S/C22H19N3O5/c1-3-30-21(27)24-11-10-22-15(12-24)18-13(6-4-8-16(18)25(28)29)14-7-5-9-17(19(14)22)23(2)20(22)26/h4-9,12H,3,10-11H2,1-2H3. The van der Waals surface area contributed by atoms with Gasteiger partial charge in [-0.1, -0.05) is 24.3 Å². The minimum atomic E-state index is -1.05. The molecular weight excluding hydrogens is 386 g/mol. The minimum absolute atomic E-state index is 0.0813. The van der Waals surface area contributed by atoms with Crippen molar-refractivity contribution in [2.24, 2.45) is 0 Å². The first-order valence-electron chi connectivity index (χ1n) is 9.77. The summed E-state index contributed by atoms with van der Waals surface area (Å²) in [4.78, 5) is 40.5. The fraction of sp³-hybridized carbons (Fsp3) is 0.273. The van der Waals surface area contributed by atoms with Gasteiger partial charge >= 0.3 is 6.09 Å². The maximum atomic E-state index is 13.6. The third-order valence-electron chi connectivity index (χ3n) is 6.27. The minimum Gasteiger partial charge on any atom is -0.449 e. The first-order valence-corrected chi connectivity index (χ1v) is 9.77. The highest BCUT2D eigenvalue weighted by Gasteiger charge is 2.58. The summed E-state index contributed by atoms with van der Waals surface area (Å²) in [6.45, 7) is 2.22. The number of carbonyl (C=O) groups is 2. The van der Waals surface area contributed by atoms with Crippen molar-refractivity contribution in [3.05, 3.63) is 63.8 Å². The molecule has 1 spiro atoms. The second-order valence-corrected chi connectivity index (χ2v) is 7.61. The maximum Gasteiger partial charge on any atom is 0.413 e. The van der Waals surface area contributed by atoms with Gasteiger partial charge in [0.25, 0.3) is 5.69 Å². The summed E-state index contributed by atoms with van der Waals surface area (Å²) in [6, 6.07) is 10.6. The Morgan fingerprint density at radius 3 is 2.70 bits per heavy atom. The van der Waals surface area contributed by atoms with E-state index in [0.717, 1.165) is 16.8 Å². The van der Waals surface area contributed by atoms with E-state index < -0.39 is 16.4 Å². The molecule has 2 amide bonds. The molecule has 152 valence electrons. The van der Waals surface area contributed by atoms with E-state index in [1.54, 1.807) is 31.1 Å². The van der Waals surface area contributed by atoms with Crippen molar-refractivity contribution in [1.29, 1.82) is 0 Å². The molecule has 0 N–H and O–H groups in total. The average molecular weight is 405 g/mol. The number of rotatable bonds is 2. The van der Waals surface area contributed by atoms with Crippen LogP contribution >= 0.6 is 0 Å². The fourth-order valence-electron chi connectivity index (χ4n) is 5.06. The number of carbonyl (C=O) groups excluding carboxylic acids is 2. The predicted molar refractivity (Wildman–Crippen MR) is 110 cm³/mol.